The van der Waals surface area contributed by atoms with E-state index in [4.69, 9.17) is 5.11 Å². The zero-order valence-electron chi connectivity index (χ0n) is 12.8. The topological polar surface area (TPSA) is 70.2 Å². The zero-order valence-corrected chi connectivity index (χ0v) is 12.8. The number of rotatable bonds is 2. The van der Waals surface area contributed by atoms with Gasteiger partial charge in [-0.2, -0.15) is 13.2 Å². The first-order valence-corrected chi connectivity index (χ1v) is 6.89. The van der Waals surface area contributed by atoms with Crippen LogP contribution >= 0.6 is 0 Å². The van der Waals surface area contributed by atoms with Crippen molar-refractivity contribution in [2.24, 2.45) is 0 Å². The number of hydrogen-bond donors (Lipinski definition) is 2. The first kappa shape index (κ1) is 17.1. The van der Waals surface area contributed by atoms with Gasteiger partial charge in [0, 0.05) is 16.5 Å². The normalized spacial score (nSPS) is 12.6. The van der Waals surface area contributed by atoms with Crippen molar-refractivity contribution in [3.05, 3.63) is 45.2 Å². The molecule has 0 unspecified atom stereocenters. The lowest BCUT2D eigenvalue weighted by Gasteiger charge is -2.21. The van der Waals surface area contributed by atoms with Gasteiger partial charge in [-0.1, -0.05) is 32.9 Å². The molecule has 2 aromatic rings. The molecule has 2 rings (SSSR count). The van der Waals surface area contributed by atoms with Gasteiger partial charge < -0.3 is 10.1 Å². The van der Waals surface area contributed by atoms with Crippen LogP contribution in [0.1, 0.15) is 37.5 Å². The third kappa shape index (κ3) is 3.38. The largest absolute Gasteiger partial charge is 0.481 e. The Kier molecular flexibility index (Phi) is 4.00. The highest BCUT2D eigenvalue weighted by molar-refractivity contribution is 5.86. The van der Waals surface area contributed by atoms with Crippen molar-refractivity contribution in [3.8, 4) is 0 Å². The van der Waals surface area contributed by atoms with Gasteiger partial charge in [0.1, 0.15) is 0 Å². The average molecular weight is 327 g/mol. The van der Waals surface area contributed by atoms with Crippen molar-refractivity contribution >= 4 is 16.9 Å². The summed E-state index contributed by atoms with van der Waals surface area (Å²) in [4.78, 5) is 25.1. The predicted molar refractivity (Wildman–Crippen MR) is 79.6 cm³/mol. The van der Waals surface area contributed by atoms with Crippen molar-refractivity contribution < 1.29 is 23.1 Å². The molecule has 0 aliphatic heterocycles. The number of hydrogen-bond acceptors (Lipinski definition) is 2. The maximum Gasteiger partial charge on any atom is 0.417 e. The van der Waals surface area contributed by atoms with Crippen LogP contribution in [0.5, 0.6) is 0 Å². The number of pyridine rings is 1. The van der Waals surface area contributed by atoms with Gasteiger partial charge in [0.15, 0.2) is 0 Å². The van der Waals surface area contributed by atoms with Crippen molar-refractivity contribution in [1.82, 2.24) is 4.98 Å². The summed E-state index contributed by atoms with van der Waals surface area (Å²) in [5.74, 6) is -1.49. The number of alkyl halides is 3. The van der Waals surface area contributed by atoms with Crippen LogP contribution in [0.2, 0.25) is 0 Å². The van der Waals surface area contributed by atoms with Crippen molar-refractivity contribution in [2.45, 2.75) is 38.8 Å². The molecule has 124 valence electrons. The first-order valence-electron chi connectivity index (χ1n) is 6.89. The summed E-state index contributed by atoms with van der Waals surface area (Å²) in [6, 6.07) is 4.33. The Morgan fingerprint density at radius 3 is 2.30 bits per heavy atom. The molecular weight excluding hydrogens is 311 g/mol. The lowest BCUT2D eigenvalue weighted by molar-refractivity contribution is -0.138. The summed E-state index contributed by atoms with van der Waals surface area (Å²) in [7, 11) is 0. The second-order valence-corrected chi connectivity index (χ2v) is 6.39. The monoisotopic (exact) mass is 327 g/mol. The van der Waals surface area contributed by atoms with Crippen LogP contribution in [-0.4, -0.2) is 16.1 Å². The number of fused-ring (bicyclic) bond motifs is 1. The zero-order chi connectivity index (χ0) is 17.6. The van der Waals surface area contributed by atoms with Gasteiger partial charge in [0.25, 0.3) is 5.56 Å². The van der Waals surface area contributed by atoms with Crippen molar-refractivity contribution in [1.29, 1.82) is 0 Å². The highest BCUT2D eigenvalue weighted by Gasteiger charge is 2.37. The van der Waals surface area contributed by atoms with E-state index in [9.17, 15) is 22.8 Å². The number of carboxylic acid groups (broad SMARTS) is 1. The second-order valence-electron chi connectivity index (χ2n) is 6.39. The second kappa shape index (κ2) is 5.40. The van der Waals surface area contributed by atoms with E-state index < -0.39 is 35.3 Å². The van der Waals surface area contributed by atoms with Crippen LogP contribution in [0, 0.1) is 0 Å². The minimum absolute atomic E-state index is 0.0453. The molecule has 0 bridgehead atoms. The molecule has 0 saturated carbocycles. The summed E-state index contributed by atoms with van der Waals surface area (Å²) in [6.45, 7) is 5.70. The van der Waals surface area contributed by atoms with Gasteiger partial charge in [0.05, 0.1) is 12.0 Å². The number of H-pyrrole nitrogens is 1. The number of carbonyl (C=O) groups is 1. The van der Waals surface area contributed by atoms with E-state index in [0.717, 1.165) is 5.56 Å². The molecular formula is C16H16F3NO3. The molecule has 0 spiro atoms. The van der Waals surface area contributed by atoms with E-state index in [1.165, 1.54) is 12.1 Å². The van der Waals surface area contributed by atoms with E-state index >= 15 is 0 Å². The summed E-state index contributed by atoms with van der Waals surface area (Å²) in [5.41, 5.74) is -2.48. The Bertz CT molecular complexity index is 829. The van der Waals surface area contributed by atoms with Crippen molar-refractivity contribution in [2.75, 3.05) is 0 Å². The standard InChI is InChI=1S/C16H16F3NO3/c1-15(2,3)8-4-5-9-11(6-8)20-14(23)10(7-12(21)22)13(9)16(17,18)19/h4-6H,7H2,1-3H3,(H,20,23)(H,21,22). The van der Waals surface area contributed by atoms with Gasteiger partial charge in [-0.15, -0.1) is 0 Å². The minimum atomic E-state index is -4.82. The molecule has 2 N–H and O–H groups in total. The number of aromatic nitrogens is 1. The Hall–Kier alpha value is -2.31. The number of aromatic amines is 1. The van der Waals surface area contributed by atoms with E-state index in [2.05, 4.69) is 4.98 Å². The molecule has 0 fully saturated rings. The molecule has 0 atom stereocenters. The lowest BCUT2D eigenvalue weighted by Crippen LogP contribution is -2.24. The Morgan fingerprint density at radius 2 is 1.83 bits per heavy atom. The fraction of sp³-hybridized carbons (Fsp3) is 0.375. The van der Waals surface area contributed by atoms with Crippen LogP contribution in [0.15, 0.2) is 23.0 Å². The van der Waals surface area contributed by atoms with Gasteiger partial charge in [-0.3, -0.25) is 9.59 Å². The number of carboxylic acids is 1. The maximum atomic E-state index is 13.4. The van der Waals surface area contributed by atoms with Crippen LogP contribution < -0.4 is 5.56 Å². The highest BCUT2D eigenvalue weighted by Crippen LogP contribution is 2.37. The maximum absolute atomic E-state index is 13.4. The van der Waals surface area contributed by atoms with Gasteiger partial charge >= 0.3 is 12.1 Å². The SMILES string of the molecule is CC(C)(C)c1ccc2c(C(F)(F)F)c(CC(=O)O)c(=O)[nH]c2c1. The molecule has 0 amide bonds. The molecule has 1 heterocycles. The minimum Gasteiger partial charge on any atom is -0.481 e. The van der Waals surface area contributed by atoms with Crippen LogP contribution in [0.25, 0.3) is 10.9 Å². The molecule has 0 saturated heterocycles. The molecule has 0 radical (unpaired) electrons. The summed E-state index contributed by atoms with van der Waals surface area (Å²) in [6.07, 6.45) is -5.80. The molecule has 1 aromatic carbocycles. The predicted octanol–water partition coefficient (Wildman–Crippen LogP) is 3.47. The number of nitrogens with one attached hydrogen (secondary N) is 1. The highest BCUT2D eigenvalue weighted by atomic mass is 19.4. The Morgan fingerprint density at radius 1 is 1.22 bits per heavy atom. The molecule has 4 nitrogen and oxygen atoms in total. The summed E-state index contributed by atoms with van der Waals surface area (Å²) >= 11 is 0. The van der Waals surface area contributed by atoms with Gasteiger partial charge in [-0.05, 0) is 17.0 Å². The van der Waals surface area contributed by atoms with Gasteiger partial charge in [0.2, 0.25) is 0 Å². The number of benzene rings is 1. The quantitative estimate of drug-likeness (QED) is 0.887. The van der Waals surface area contributed by atoms with Crippen molar-refractivity contribution in [3.63, 3.8) is 0 Å². The van der Waals surface area contributed by atoms with E-state index in [0.29, 0.717) is 0 Å². The third-order valence-electron chi connectivity index (χ3n) is 3.59. The van der Waals surface area contributed by atoms with Crippen LogP contribution in [0.3, 0.4) is 0 Å². The third-order valence-corrected chi connectivity index (χ3v) is 3.59. The summed E-state index contributed by atoms with van der Waals surface area (Å²) < 4.78 is 40.2. The van der Waals surface area contributed by atoms with Gasteiger partial charge in [-0.25, -0.2) is 0 Å². The fourth-order valence-electron chi connectivity index (χ4n) is 2.45. The molecule has 0 aliphatic rings. The van der Waals surface area contributed by atoms with E-state index in [1.807, 2.05) is 20.8 Å². The molecule has 0 aliphatic carbocycles. The Labute approximate surface area is 130 Å². The van der Waals surface area contributed by atoms with Crippen LogP contribution in [0.4, 0.5) is 13.2 Å². The fourth-order valence-corrected chi connectivity index (χ4v) is 2.45. The molecule has 7 heteroatoms. The molecule has 23 heavy (non-hydrogen) atoms. The van der Waals surface area contributed by atoms with Crippen LogP contribution in [-0.2, 0) is 22.8 Å². The smallest absolute Gasteiger partial charge is 0.417 e. The number of aliphatic carboxylic acids is 1. The lowest BCUT2D eigenvalue weighted by atomic mass is 9.86. The van der Waals surface area contributed by atoms with E-state index in [-0.39, 0.29) is 16.3 Å². The average Bonchev–Trinajstić information content (AvgIpc) is 2.35. The first-order chi connectivity index (χ1) is 10.4. The Balaban J connectivity index is 2.88. The summed E-state index contributed by atoms with van der Waals surface area (Å²) in [5, 5.41) is 8.58. The van der Waals surface area contributed by atoms with E-state index in [1.54, 1.807) is 6.07 Å². The number of halogens is 3. The molecule has 1 aromatic heterocycles.